The molecule has 0 saturated heterocycles. The van der Waals surface area contributed by atoms with E-state index in [0.717, 1.165) is 5.56 Å². The molecule has 3 aromatic rings. The maximum absolute atomic E-state index is 12.7. The van der Waals surface area contributed by atoms with E-state index >= 15 is 0 Å². The summed E-state index contributed by atoms with van der Waals surface area (Å²) in [7, 11) is 0. The fourth-order valence-corrected chi connectivity index (χ4v) is 2.91. The summed E-state index contributed by atoms with van der Waals surface area (Å²) in [5.74, 6) is -0.387. The minimum atomic E-state index is -0.391. The number of amides is 2. The largest absolute Gasteiger partial charge is 0.508 e. The summed E-state index contributed by atoms with van der Waals surface area (Å²) >= 11 is 0. The van der Waals surface area contributed by atoms with E-state index in [-0.39, 0.29) is 34.4 Å². The standard InChI is InChI=1S/C24H23N3O4/c1-16(25)31-22-14-18(23(29)26-12-11-17-7-9-21(28)10-8-17)13-19(15-22)24(30)27-20-5-3-2-4-6-20/h2-10,13-15,25,28H,11-12H2,1H3,(H,26,29)(H,27,30). The Morgan fingerprint density at radius 3 is 2.23 bits per heavy atom. The Hall–Kier alpha value is -4.13. The number of ether oxygens (including phenoxy) is 1. The van der Waals surface area contributed by atoms with Gasteiger partial charge in [0, 0.05) is 30.3 Å². The highest BCUT2D eigenvalue weighted by atomic mass is 16.5. The molecule has 31 heavy (non-hydrogen) atoms. The average molecular weight is 417 g/mol. The smallest absolute Gasteiger partial charge is 0.255 e. The average Bonchev–Trinajstić information content (AvgIpc) is 2.75. The predicted molar refractivity (Wildman–Crippen MR) is 119 cm³/mol. The van der Waals surface area contributed by atoms with Crippen LogP contribution in [0, 0.1) is 5.41 Å². The number of hydrogen-bond acceptors (Lipinski definition) is 5. The van der Waals surface area contributed by atoms with Crippen LogP contribution in [0.5, 0.6) is 11.5 Å². The number of benzene rings is 3. The minimum Gasteiger partial charge on any atom is -0.508 e. The molecule has 7 heteroatoms. The molecular formula is C24H23N3O4. The van der Waals surface area contributed by atoms with Crippen LogP contribution in [0.2, 0.25) is 0 Å². The molecular weight excluding hydrogens is 394 g/mol. The topological polar surface area (TPSA) is 112 Å². The van der Waals surface area contributed by atoms with Crippen LogP contribution in [0.15, 0.2) is 72.8 Å². The molecule has 0 radical (unpaired) electrons. The molecule has 2 amide bonds. The predicted octanol–water partition coefficient (Wildman–Crippen LogP) is 3.99. The first-order valence-corrected chi connectivity index (χ1v) is 9.71. The summed E-state index contributed by atoms with van der Waals surface area (Å²) in [4.78, 5) is 25.3. The Kier molecular flexibility index (Phi) is 7.01. The highest BCUT2D eigenvalue weighted by Gasteiger charge is 2.14. The van der Waals surface area contributed by atoms with Crippen LogP contribution in [0.4, 0.5) is 5.69 Å². The molecule has 3 aromatic carbocycles. The Morgan fingerprint density at radius 2 is 1.58 bits per heavy atom. The van der Waals surface area contributed by atoms with Gasteiger partial charge in [-0.05, 0) is 54.4 Å². The van der Waals surface area contributed by atoms with Gasteiger partial charge in [-0.25, -0.2) is 0 Å². The van der Waals surface area contributed by atoms with Crippen LogP contribution >= 0.6 is 0 Å². The van der Waals surface area contributed by atoms with Gasteiger partial charge in [0.25, 0.3) is 11.8 Å². The lowest BCUT2D eigenvalue weighted by Crippen LogP contribution is -2.26. The van der Waals surface area contributed by atoms with E-state index in [1.54, 1.807) is 48.5 Å². The highest BCUT2D eigenvalue weighted by Crippen LogP contribution is 2.19. The quantitative estimate of drug-likeness (QED) is 0.344. The van der Waals surface area contributed by atoms with Crippen molar-refractivity contribution in [2.75, 3.05) is 11.9 Å². The number of para-hydroxylation sites is 1. The molecule has 0 bridgehead atoms. The molecule has 0 aliphatic heterocycles. The number of nitrogens with one attached hydrogen (secondary N) is 3. The van der Waals surface area contributed by atoms with Crippen molar-refractivity contribution in [1.82, 2.24) is 5.32 Å². The Bertz CT molecular complexity index is 1080. The van der Waals surface area contributed by atoms with E-state index in [4.69, 9.17) is 10.1 Å². The number of rotatable bonds is 7. The second kappa shape index (κ2) is 10.1. The van der Waals surface area contributed by atoms with Crippen LogP contribution < -0.4 is 15.4 Å². The molecule has 4 N–H and O–H groups in total. The van der Waals surface area contributed by atoms with Gasteiger partial charge in [-0.3, -0.25) is 15.0 Å². The second-order valence-electron chi connectivity index (χ2n) is 6.90. The third kappa shape index (κ3) is 6.43. The number of phenolic OH excluding ortho intramolecular Hbond substituents is 1. The van der Waals surface area contributed by atoms with Gasteiger partial charge in [0.2, 0.25) is 0 Å². The fourth-order valence-electron chi connectivity index (χ4n) is 2.91. The SMILES string of the molecule is CC(=N)Oc1cc(C(=O)NCCc2ccc(O)cc2)cc(C(=O)Nc2ccccc2)c1. The van der Waals surface area contributed by atoms with E-state index in [1.165, 1.54) is 25.1 Å². The maximum Gasteiger partial charge on any atom is 0.255 e. The molecule has 0 spiro atoms. The first-order valence-electron chi connectivity index (χ1n) is 9.71. The second-order valence-corrected chi connectivity index (χ2v) is 6.90. The monoisotopic (exact) mass is 417 g/mol. The van der Waals surface area contributed by atoms with Gasteiger partial charge in [0.1, 0.15) is 11.5 Å². The third-order valence-corrected chi connectivity index (χ3v) is 4.37. The van der Waals surface area contributed by atoms with Gasteiger partial charge in [-0.2, -0.15) is 0 Å². The zero-order valence-corrected chi connectivity index (χ0v) is 17.0. The minimum absolute atomic E-state index is 0.0562. The molecule has 158 valence electrons. The zero-order chi connectivity index (χ0) is 22.2. The van der Waals surface area contributed by atoms with E-state index in [2.05, 4.69) is 10.6 Å². The Morgan fingerprint density at radius 1 is 0.935 bits per heavy atom. The zero-order valence-electron chi connectivity index (χ0n) is 17.0. The fraction of sp³-hybridized carbons (Fsp3) is 0.125. The number of anilines is 1. The lowest BCUT2D eigenvalue weighted by atomic mass is 10.1. The van der Waals surface area contributed by atoms with E-state index < -0.39 is 5.91 Å². The summed E-state index contributed by atoms with van der Waals surface area (Å²) in [6.45, 7) is 1.85. The molecule has 0 fully saturated rings. The first kappa shape index (κ1) is 21.6. The Labute approximate surface area is 180 Å². The number of hydrogen-bond donors (Lipinski definition) is 4. The summed E-state index contributed by atoms with van der Waals surface area (Å²) < 4.78 is 5.33. The van der Waals surface area contributed by atoms with Crippen molar-refractivity contribution >= 4 is 23.4 Å². The van der Waals surface area contributed by atoms with Gasteiger partial charge in [0.05, 0.1) is 0 Å². The van der Waals surface area contributed by atoms with Crippen molar-refractivity contribution in [3.63, 3.8) is 0 Å². The van der Waals surface area contributed by atoms with Crippen LogP contribution in [-0.2, 0) is 6.42 Å². The molecule has 0 aromatic heterocycles. The molecule has 0 aliphatic rings. The molecule has 3 rings (SSSR count). The number of carbonyl (C=O) groups excluding carboxylic acids is 2. The molecule has 0 aliphatic carbocycles. The lowest BCUT2D eigenvalue weighted by Gasteiger charge is -2.11. The van der Waals surface area contributed by atoms with E-state index in [1.807, 2.05) is 6.07 Å². The van der Waals surface area contributed by atoms with E-state index in [0.29, 0.717) is 18.7 Å². The van der Waals surface area contributed by atoms with E-state index in [9.17, 15) is 14.7 Å². The Balaban J connectivity index is 1.73. The molecule has 0 atom stereocenters. The van der Waals surface area contributed by atoms with Gasteiger partial charge < -0.3 is 20.5 Å². The summed E-state index contributed by atoms with van der Waals surface area (Å²) in [5.41, 5.74) is 2.09. The molecule has 0 unspecified atom stereocenters. The van der Waals surface area contributed by atoms with Gasteiger partial charge in [-0.1, -0.05) is 30.3 Å². The summed E-state index contributed by atoms with van der Waals surface area (Å²) in [6.07, 6.45) is 0.586. The van der Waals surface area contributed by atoms with Crippen molar-refractivity contribution in [3.05, 3.63) is 89.5 Å². The summed E-state index contributed by atoms with van der Waals surface area (Å²) in [5, 5.41) is 22.5. The lowest BCUT2D eigenvalue weighted by molar-refractivity contribution is 0.0954. The van der Waals surface area contributed by atoms with Gasteiger partial charge in [0.15, 0.2) is 5.90 Å². The summed E-state index contributed by atoms with van der Waals surface area (Å²) in [6, 6.07) is 20.2. The van der Waals surface area contributed by atoms with Crippen molar-refractivity contribution in [2.24, 2.45) is 0 Å². The molecule has 7 nitrogen and oxygen atoms in total. The molecule has 0 heterocycles. The van der Waals surface area contributed by atoms with Crippen molar-refractivity contribution in [3.8, 4) is 11.5 Å². The van der Waals surface area contributed by atoms with Crippen LogP contribution in [0.1, 0.15) is 33.2 Å². The maximum atomic E-state index is 12.7. The van der Waals surface area contributed by atoms with Crippen LogP contribution in [0.25, 0.3) is 0 Å². The van der Waals surface area contributed by atoms with Crippen LogP contribution in [0.3, 0.4) is 0 Å². The van der Waals surface area contributed by atoms with Crippen molar-refractivity contribution in [2.45, 2.75) is 13.3 Å². The third-order valence-electron chi connectivity index (χ3n) is 4.37. The number of carbonyl (C=O) groups is 2. The first-order chi connectivity index (χ1) is 14.9. The van der Waals surface area contributed by atoms with Gasteiger partial charge >= 0.3 is 0 Å². The van der Waals surface area contributed by atoms with Gasteiger partial charge in [-0.15, -0.1) is 0 Å². The number of phenols is 1. The van der Waals surface area contributed by atoms with Crippen molar-refractivity contribution in [1.29, 1.82) is 5.41 Å². The highest BCUT2D eigenvalue weighted by molar-refractivity contribution is 6.06. The van der Waals surface area contributed by atoms with Crippen LogP contribution in [-0.4, -0.2) is 29.4 Å². The van der Waals surface area contributed by atoms with Crippen molar-refractivity contribution < 1.29 is 19.4 Å². The molecule has 0 saturated carbocycles. The number of aromatic hydroxyl groups is 1. The normalized spacial score (nSPS) is 10.2.